The van der Waals surface area contributed by atoms with Gasteiger partial charge >= 0.3 is 179 Å². The summed E-state index contributed by atoms with van der Waals surface area (Å²) >= 11 is -3.28. The Morgan fingerprint density at radius 3 is 1.17 bits per heavy atom. The van der Waals surface area contributed by atoms with Gasteiger partial charge < -0.3 is 0 Å². The maximum atomic E-state index is 2.73. The predicted molar refractivity (Wildman–Crippen MR) is 143 cm³/mol. The topological polar surface area (TPSA) is 0 Å². The van der Waals surface area contributed by atoms with E-state index < -0.39 is 17.4 Å². The van der Waals surface area contributed by atoms with Gasteiger partial charge in [-0.3, -0.25) is 0 Å². The van der Waals surface area contributed by atoms with Crippen LogP contribution < -0.4 is 0 Å². The fraction of sp³-hybridized carbons (Fsp3) is 0.692. The molecule has 0 heterocycles. The smallest absolute Gasteiger partial charge is 0.147 e. The molecule has 2 aliphatic carbocycles. The minimum absolute atomic E-state index is 0. The summed E-state index contributed by atoms with van der Waals surface area (Å²) in [5, 5.41) is 0. The Kier molecular flexibility index (Phi) is 9.68. The monoisotopic (exact) mass is 548 g/mol. The van der Waals surface area contributed by atoms with Gasteiger partial charge in [0.15, 0.2) is 0 Å². The fourth-order valence-corrected chi connectivity index (χ4v) is 19.8. The second-order valence-electron chi connectivity index (χ2n) is 13.1. The molecular formula is C26H48Cl2SiZr. The molecule has 0 bridgehead atoms. The van der Waals surface area contributed by atoms with E-state index in [2.05, 4.69) is 97.5 Å². The second-order valence-corrected chi connectivity index (χ2v) is 41.8. The minimum atomic E-state index is -3.28. The van der Waals surface area contributed by atoms with Gasteiger partial charge in [0.1, 0.15) is 0 Å². The SMILES string of the molecule is CC(C)C1=CC(C(C)(C)C)=[C]([Zr]([CH3])([CH3])(=[SiH2])[C]2=C(C(C)(C)C)C=C(C(C)C)C2)C1.Cl.Cl. The van der Waals surface area contributed by atoms with Crippen LogP contribution in [0.2, 0.25) is 9.26 Å². The Balaban J connectivity index is 0.00000420. The van der Waals surface area contributed by atoms with E-state index in [0.29, 0.717) is 11.8 Å². The molecular weight excluding hydrogens is 503 g/mol. The molecule has 0 aromatic carbocycles. The first-order valence-corrected chi connectivity index (χ1v) is 24.6. The van der Waals surface area contributed by atoms with Crippen molar-refractivity contribution in [2.45, 2.75) is 91.3 Å². The molecule has 0 fully saturated rings. The fourth-order valence-electron chi connectivity index (χ4n) is 4.94. The van der Waals surface area contributed by atoms with Crippen molar-refractivity contribution in [2.24, 2.45) is 22.7 Å². The molecule has 30 heavy (non-hydrogen) atoms. The zero-order valence-electron chi connectivity index (χ0n) is 21.7. The van der Waals surface area contributed by atoms with Gasteiger partial charge in [-0.15, -0.1) is 24.8 Å². The zero-order chi connectivity index (χ0) is 21.9. The number of halogens is 2. The van der Waals surface area contributed by atoms with Crippen molar-refractivity contribution in [1.29, 1.82) is 0 Å². The molecule has 4 heteroatoms. The first kappa shape index (κ1) is 30.6. The van der Waals surface area contributed by atoms with E-state index in [4.69, 9.17) is 0 Å². The zero-order valence-corrected chi connectivity index (χ0v) is 27.3. The summed E-state index contributed by atoms with van der Waals surface area (Å²) in [5.41, 5.74) is 7.10. The van der Waals surface area contributed by atoms with Gasteiger partial charge in [0.2, 0.25) is 0 Å². The van der Waals surface area contributed by atoms with Crippen molar-refractivity contribution in [3.63, 3.8) is 0 Å². The van der Waals surface area contributed by atoms with Crippen molar-refractivity contribution in [2.75, 3.05) is 0 Å². The molecule has 0 nitrogen and oxygen atoms in total. The summed E-state index contributed by atoms with van der Waals surface area (Å²) in [6.07, 6.45) is 7.64. The molecule has 0 aromatic heterocycles. The van der Waals surface area contributed by atoms with Crippen LogP contribution in [0.1, 0.15) is 82.1 Å². The third kappa shape index (κ3) is 5.95. The minimum Gasteiger partial charge on any atom is -0.147 e. The molecule has 0 saturated carbocycles. The quantitative estimate of drug-likeness (QED) is 0.307. The van der Waals surface area contributed by atoms with Crippen LogP contribution in [-0.4, -0.2) is 6.88 Å². The van der Waals surface area contributed by atoms with E-state index in [1.807, 2.05) is 6.56 Å². The molecule has 174 valence electrons. The van der Waals surface area contributed by atoms with E-state index >= 15 is 0 Å². The standard InChI is InChI=1S/2C12H19.2CH3.2ClH.H2Si.Zr/c2*1-9(2)10-6-7-11(8-10)12(3,4)5;;;;;;/h2*8-9H,6H2,1-5H3;2*1H3;2*1H;1H2;. The molecule has 0 N–H and O–H groups in total. The molecule has 0 saturated heterocycles. The molecule has 0 amide bonds. The van der Waals surface area contributed by atoms with Gasteiger partial charge in [0, 0.05) is 0 Å². The van der Waals surface area contributed by atoms with Crippen LogP contribution in [0.3, 0.4) is 0 Å². The third-order valence-electron chi connectivity index (χ3n) is 7.11. The summed E-state index contributed by atoms with van der Waals surface area (Å²) in [5.74, 6) is 1.29. The average Bonchev–Trinajstić information content (AvgIpc) is 3.12. The predicted octanol–water partition coefficient (Wildman–Crippen LogP) is 8.74. The van der Waals surface area contributed by atoms with E-state index in [0.717, 1.165) is 0 Å². The van der Waals surface area contributed by atoms with Gasteiger partial charge in [-0.2, -0.15) is 0 Å². The van der Waals surface area contributed by atoms with Crippen LogP contribution in [0.4, 0.5) is 0 Å². The van der Waals surface area contributed by atoms with E-state index in [1.165, 1.54) is 12.8 Å². The summed E-state index contributed by atoms with van der Waals surface area (Å²) in [4.78, 5) is 0. The third-order valence-corrected chi connectivity index (χ3v) is 23.9. The van der Waals surface area contributed by atoms with Gasteiger partial charge in [-0.1, -0.05) is 0 Å². The molecule has 0 atom stereocenters. The summed E-state index contributed by atoms with van der Waals surface area (Å²) in [6, 6.07) is 0. The number of hydrogen-bond donors (Lipinski definition) is 0. The van der Waals surface area contributed by atoms with Gasteiger partial charge in [-0.05, 0) is 0 Å². The van der Waals surface area contributed by atoms with Crippen molar-refractivity contribution in [3.05, 3.63) is 41.0 Å². The average molecular weight is 551 g/mol. The number of rotatable bonds is 4. The molecule has 0 aromatic rings. The molecule has 2 aliphatic rings. The van der Waals surface area contributed by atoms with E-state index in [1.54, 1.807) is 22.3 Å². The Labute approximate surface area is 202 Å². The maximum Gasteiger partial charge on any atom is -0.147 e. The largest absolute Gasteiger partial charge is 0.147 e. The normalized spacial score (nSPS) is 18.6. The molecule has 2 rings (SSSR count). The Morgan fingerprint density at radius 2 is 0.967 bits per heavy atom. The van der Waals surface area contributed by atoms with Crippen LogP contribution >= 0.6 is 24.8 Å². The molecule has 0 radical (unpaired) electrons. The van der Waals surface area contributed by atoms with Crippen LogP contribution in [0.25, 0.3) is 0 Å². The van der Waals surface area contributed by atoms with Gasteiger partial charge in [0.05, 0.1) is 0 Å². The van der Waals surface area contributed by atoms with E-state index in [-0.39, 0.29) is 35.6 Å². The van der Waals surface area contributed by atoms with Crippen LogP contribution in [0, 0.1) is 22.7 Å². The van der Waals surface area contributed by atoms with Crippen molar-refractivity contribution in [3.8, 4) is 0 Å². The van der Waals surface area contributed by atoms with Gasteiger partial charge in [-0.25, -0.2) is 0 Å². The van der Waals surface area contributed by atoms with Crippen molar-refractivity contribution >= 4 is 31.7 Å². The second kappa shape index (κ2) is 9.48. The van der Waals surface area contributed by atoms with E-state index in [9.17, 15) is 0 Å². The Bertz CT molecular complexity index is 794. The summed E-state index contributed by atoms with van der Waals surface area (Å²) in [6.45, 7) is 26.4. The molecule has 0 spiro atoms. The first-order chi connectivity index (χ1) is 12.3. The van der Waals surface area contributed by atoms with Gasteiger partial charge in [0.25, 0.3) is 0 Å². The first-order valence-electron chi connectivity index (χ1n) is 11.3. The summed E-state index contributed by atoms with van der Waals surface area (Å²) < 4.78 is 9.20. The maximum absolute atomic E-state index is 3.28. The van der Waals surface area contributed by atoms with Crippen molar-refractivity contribution < 1.29 is 17.4 Å². The van der Waals surface area contributed by atoms with Crippen LogP contribution in [0.5, 0.6) is 0 Å². The molecule has 0 unspecified atom stereocenters. The number of allylic oxidation sites excluding steroid dienone is 8. The van der Waals surface area contributed by atoms with Crippen LogP contribution in [-0.2, 0) is 17.4 Å². The Morgan fingerprint density at radius 1 is 0.700 bits per heavy atom. The van der Waals surface area contributed by atoms with Crippen molar-refractivity contribution in [1.82, 2.24) is 0 Å². The number of hydrogen-bond acceptors (Lipinski definition) is 0. The summed E-state index contributed by atoms with van der Waals surface area (Å²) in [7, 11) is 0. The Hall–Kier alpha value is 0.640. The molecule has 0 aliphatic heterocycles. The van der Waals surface area contributed by atoms with Crippen LogP contribution in [0.15, 0.2) is 41.0 Å².